The number of aliphatic hydroxyl groups is 1. The summed E-state index contributed by atoms with van der Waals surface area (Å²) in [6, 6.07) is 26.5. The van der Waals surface area contributed by atoms with Crippen molar-refractivity contribution < 1.29 is 24.2 Å². The van der Waals surface area contributed by atoms with Crippen LogP contribution >= 0.6 is 46.3 Å². The Balaban J connectivity index is 1.25. The van der Waals surface area contributed by atoms with Gasteiger partial charge in [0.05, 0.1) is 11.6 Å². The number of benzene rings is 4. The van der Waals surface area contributed by atoms with Gasteiger partial charge in [0, 0.05) is 27.8 Å². The molecule has 1 amide bonds. The molecular formula is C36H27Cl2N3O5S2. The summed E-state index contributed by atoms with van der Waals surface area (Å²) >= 11 is 15.0. The predicted octanol–water partition coefficient (Wildman–Crippen LogP) is 8.67. The Hall–Kier alpha value is -4.35. The minimum atomic E-state index is -0.995. The fourth-order valence-electron chi connectivity index (χ4n) is 5.72. The molecule has 8 nitrogen and oxygen atoms in total. The number of aliphatic hydroxyl groups excluding tert-OH is 1. The van der Waals surface area contributed by atoms with E-state index >= 15 is 0 Å². The molecule has 1 aromatic heterocycles. The predicted molar refractivity (Wildman–Crippen MR) is 188 cm³/mol. The van der Waals surface area contributed by atoms with Gasteiger partial charge in [0.25, 0.3) is 5.78 Å². The van der Waals surface area contributed by atoms with Crippen LogP contribution in [0, 0.1) is 0 Å². The number of aromatic nitrogens is 2. The second-order valence-electron chi connectivity index (χ2n) is 11.3. The highest BCUT2D eigenvalue weighted by Gasteiger charge is 2.48. The number of hydrogen-bond acceptors (Lipinski definition) is 9. The second-order valence-corrected chi connectivity index (χ2v) is 14.4. The lowest BCUT2D eigenvalue weighted by atomic mass is 9.94. The lowest BCUT2D eigenvalue weighted by molar-refractivity contribution is -0.132. The Labute approximate surface area is 294 Å². The smallest absolute Gasteiger partial charge is 0.301 e. The quantitative estimate of drug-likeness (QED) is 0.0532. The zero-order chi connectivity index (χ0) is 33.4. The molecule has 0 aliphatic carbocycles. The topological polar surface area (TPSA) is 102 Å². The van der Waals surface area contributed by atoms with Crippen LogP contribution in [0.3, 0.4) is 0 Å². The molecule has 1 saturated heterocycles. The van der Waals surface area contributed by atoms with Crippen molar-refractivity contribution in [2.24, 2.45) is 0 Å². The average molecular weight is 717 g/mol. The molecule has 2 aliphatic rings. The van der Waals surface area contributed by atoms with Crippen LogP contribution in [0.2, 0.25) is 10.0 Å². The number of fused-ring (bicyclic) bond motifs is 1. The number of hydrogen-bond donors (Lipinski definition) is 1. The van der Waals surface area contributed by atoms with Crippen LogP contribution in [0.1, 0.15) is 40.8 Å². The van der Waals surface area contributed by atoms with E-state index in [2.05, 4.69) is 10.2 Å². The van der Waals surface area contributed by atoms with Gasteiger partial charge >= 0.3 is 5.91 Å². The number of halogens is 2. The van der Waals surface area contributed by atoms with Gasteiger partial charge in [0.2, 0.25) is 5.13 Å². The zero-order valence-corrected chi connectivity index (χ0v) is 28.6. The molecule has 1 fully saturated rings. The monoisotopic (exact) mass is 715 g/mol. The number of rotatable bonds is 9. The van der Waals surface area contributed by atoms with E-state index in [4.69, 9.17) is 32.7 Å². The molecule has 3 heterocycles. The van der Waals surface area contributed by atoms with Crippen LogP contribution in [-0.4, -0.2) is 33.1 Å². The second kappa shape index (κ2) is 13.6. The van der Waals surface area contributed by atoms with Gasteiger partial charge in [-0.05, 0) is 71.6 Å². The largest absolute Gasteiger partial charge is 0.507 e. The number of thioether (sulfide) groups is 1. The van der Waals surface area contributed by atoms with Gasteiger partial charge in [0.15, 0.2) is 4.34 Å². The molecule has 4 aromatic carbocycles. The molecule has 0 unspecified atom stereocenters. The van der Waals surface area contributed by atoms with Crippen molar-refractivity contribution in [3.8, 4) is 11.5 Å². The van der Waals surface area contributed by atoms with Gasteiger partial charge in [-0.25, -0.2) is 0 Å². The summed E-state index contributed by atoms with van der Waals surface area (Å²) in [7, 11) is 0. The van der Waals surface area contributed by atoms with E-state index in [1.807, 2.05) is 49.4 Å². The highest BCUT2D eigenvalue weighted by atomic mass is 35.5. The Kier molecular flexibility index (Phi) is 9.15. The summed E-state index contributed by atoms with van der Waals surface area (Å²) in [6.45, 7) is 2.30. The fraction of sp³-hybridized carbons (Fsp3) is 0.167. The summed E-state index contributed by atoms with van der Waals surface area (Å²) < 4.78 is 12.5. The molecule has 2 atom stereocenters. The first-order chi connectivity index (χ1) is 23.2. The SMILES string of the molecule is C[C@@H]1Cc2cc(/C(O)=C3\C(=O)C(=O)N(c4nnc(SCc5ccc(Cl)cc5Cl)s4)[C@@H]3c3cccc(OCc4ccccc4)c3)ccc2O1. The van der Waals surface area contributed by atoms with Gasteiger partial charge in [-0.1, -0.05) is 94.8 Å². The number of carbonyl (C=O) groups is 2. The van der Waals surface area contributed by atoms with Crippen LogP contribution in [0.5, 0.6) is 11.5 Å². The molecule has 5 aromatic rings. The fourth-order valence-corrected chi connectivity index (χ4v) is 8.15. The number of ether oxygens (including phenoxy) is 2. The van der Waals surface area contributed by atoms with Crippen molar-refractivity contribution >= 4 is 68.9 Å². The number of nitrogens with zero attached hydrogens (tertiary/aromatic N) is 3. The third-order valence-corrected chi connectivity index (χ3v) is 10.7. The van der Waals surface area contributed by atoms with Crippen molar-refractivity contribution in [2.45, 2.75) is 42.2 Å². The molecule has 1 N–H and O–H groups in total. The van der Waals surface area contributed by atoms with Crippen LogP contribution < -0.4 is 14.4 Å². The van der Waals surface area contributed by atoms with E-state index in [0.717, 1.165) is 22.4 Å². The van der Waals surface area contributed by atoms with Crippen LogP contribution in [0.15, 0.2) is 101 Å². The van der Waals surface area contributed by atoms with Crippen LogP contribution in [0.25, 0.3) is 5.76 Å². The highest BCUT2D eigenvalue weighted by Crippen LogP contribution is 2.45. The normalized spacial score (nSPS) is 18.2. The van der Waals surface area contributed by atoms with Crippen molar-refractivity contribution in [1.29, 1.82) is 0 Å². The number of Topliss-reactive ketones (excluding diaryl/α,β-unsaturated/α-hetero) is 1. The third-order valence-electron chi connectivity index (χ3n) is 8.00. The minimum Gasteiger partial charge on any atom is -0.507 e. The standard InChI is InChI=1S/C36H27Cl2N3O5S2/c1-20-14-25-15-23(11-13-29(25)46-20)32(42)30-31(22-8-5-9-27(16-22)45-18-21-6-3-2-4-7-21)41(34(44)33(30)43)35-39-40-36(48-35)47-19-24-10-12-26(37)17-28(24)38/h2-13,15-17,20,31,42H,14,18-19H2,1H3/b32-30+/t20-,31-/m1/s1. The van der Waals surface area contributed by atoms with Crippen molar-refractivity contribution in [3.05, 3.63) is 134 Å². The Morgan fingerprint density at radius 3 is 2.67 bits per heavy atom. The first kappa shape index (κ1) is 32.2. The minimum absolute atomic E-state index is 0.00166. The van der Waals surface area contributed by atoms with Crippen molar-refractivity contribution in [2.75, 3.05) is 4.90 Å². The number of anilines is 1. The summed E-state index contributed by atoms with van der Waals surface area (Å²) in [5.41, 5.74) is 3.70. The molecule has 0 bridgehead atoms. The highest BCUT2D eigenvalue weighted by molar-refractivity contribution is 8.00. The molecule has 48 heavy (non-hydrogen) atoms. The zero-order valence-electron chi connectivity index (χ0n) is 25.4. The number of ketones is 1. The average Bonchev–Trinajstić information content (AvgIpc) is 3.78. The van der Waals surface area contributed by atoms with Gasteiger partial charge in [0.1, 0.15) is 30.0 Å². The summed E-state index contributed by atoms with van der Waals surface area (Å²) in [5.74, 6) is -0.152. The maximum Gasteiger partial charge on any atom is 0.301 e. The van der Waals surface area contributed by atoms with E-state index in [1.165, 1.54) is 28.0 Å². The van der Waals surface area contributed by atoms with Gasteiger partial charge in [-0.3, -0.25) is 14.5 Å². The molecule has 12 heteroatoms. The van der Waals surface area contributed by atoms with Gasteiger partial charge in [-0.2, -0.15) is 0 Å². The maximum absolute atomic E-state index is 13.8. The van der Waals surface area contributed by atoms with Gasteiger partial charge in [-0.15, -0.1) is 10.2 Å². The van der Waals surface area contributed by atoms with Gasteiger partial charge < -0.3 is 14.6 Å². The van der Waals surface area contributed by atoms with Crippen molar-refractivity contribution in [3.63, 3.8) is 0 Å². The summed E-state index contributed by atoms with van der Waals surface area (Å²) in [4.78, 5) is 28.9. The Morgan fingerprint density at radius 1 is 1.02 bits per heavy atom. The van der Waals surface area contributed by atoms with Crippen molar-refractivity contribution in [1.82, 2.24) is 10.2 Å². The maximum atomic E-state index is 13.8. The molecular weight excluding hydrogens is 689 g/mol. The molecule has 2 aliphatic heterocycles. The lowest BCUT2D eigenvalue weighted by Gasteiger charge is -2.23. The Morgan fingerprint density at radius 2 is 1.85 bits per heavy atom. The lowest BCUT2D eigenvalue weighted by Crippen LogP contribution is -2.29. The molecule has 0 saturated carbocycles. The number of amides is 1. The Bertz CT molecular complexity index is 2070. The molecule has 7 rings (SSSR count). The van der Waals surface area contributed by atoms with E-state index in [0.29, 0.717) is 50.0 Å². The van der Waals surface area contributed by atoms with Crippen LogP contribution in [-0.2, 0) is 28.4 Å². The van der Waals surface area contributed by atoms with E-state index in [-0.39, 0.29) is 22.6 Å². The first-order valence-electron chi connectivity index (χ1n) is 15.0. The van der Waals surface area contributed by atoms with E-state index in [1.54, 1.807) is 48.5 Å². The summed E-state index contributed by atoms with van der Waals surface area (Å²) in [6.07, 6.45) is 0.670. The molecule has 0 radical (unpaired) electrons. The number of carbonyl (C=O) groups excluding carboxylic acids is 2. The van der Waals surface area contributed by atoms with E-state index in [9.17, 15) is 14.7 Å². The first-order valence-corrected chi connectivity index (χ1v) is 17.6. The third kappa shape index (κ3) is 6.53. The molecule has 242 valence electrons. The summed E-state index contributed by atoms with van der Waals surface area (Å²) in [5, 5.41) is 21.7. The van der Waals surface area contributed by atoms with Crippen LogP contribution in [0.4, 0.5) is 5.13 Å². The van der Waals surface area contributed by atoms with E-state index < -0.39 is 17.7 Å². The molecule has 0 spiro atoms.